The smallest absolute Gasteiger partial charge is 0.265 e. The van der Waals surface area contributed by atoms with Gasteiger partial charge in [-0.25, -0.2) is 8.78 Å². The number of halogens is 2. The van der Waals surface area contributed by atoms with E-state index in [1.165, 1.54) is 18.3 Å². The standard InChI is InChI=1S/C14H10F2N2O/c15-13(16)10-2-1-5-17-12(10)8-3-4-9-7-18-14(19)11(9)6-8/h1-6,13H,7H2,(H,18,19). The van der Waals surface area contributed by atoms with E-state index < -0.39 is 6.43 Å². The van der Waals surface area contributed by atoms with Gasteiger partial charge in [0.15, 0.2) is 0 Å². The maximum atomic E-state index is 12.9. The van der Waals surface area contributed by atoms with Crippen LogP contribution in [0, 0.1) is 0 Å². The van der Waals surface area contributed by atoms with Gasteiger partial charge in [-0.1, -0.05) is 12.1 Å². The third-order valence-electron chi connectivity index (χ3n) is 3.14. The largest absolute Gasteiger partial charge is 0.348 e. The molecule has 3 rings (SSSR count). The molecular weight excluding hydrogens is 250 g/mol. The van der Waals surface area contributed by atoms with Gasteiger partial charge in [-0.15, -0.1) is 0 Å². The van der Waals surface area contributed by atoms with E-state index in [1.54, 1.807) is 18.2 Å². The molecule has 0 unspecified atom stereocenters. The van der Waals surface area contributed by atoms with Crippen LogP contribution in [0.1, 0.15) is 27.9 Å². The van der Waals surface area contributed by atoms with Gasteiger partial charge in [-0.05, 0) is 23.8 Å². The third-order valence-corrected chi connectivity index (χ3v) is 3.14. The Kier molecular flexibility index (Phi) is 2.74. The molecule has 1 aliphatic rings. The fourth-order valence-electron chi connectivity index (χ4n) is 2.20. The first-order chi connectivity index (χ1) is 9.16. The van der Waals surface area contributed by atoms with Gasteiger partial charge in [0.1, 0.15) is 0 Å². The molecule has 0 saturated heterocycles. The second-order valence-corrected chi connectivity index (χ2v) is 4.30. The van der Waals surface area contributed by atoms with Crippen LogP contribution in [0.3, 0.4) is 0 Å². The second-order valence-electron chi connectivity index (χ2n) is 4.30. The highest BCUT2D eigenvalue weighted by atomic mass is 19.3. The van der Waals surface area contributed by atoms with Crippen molar-refractivity contribution in [3.8, 4) is 11.3 Å². The molecule has 2 aromatic rings. The van der Waals surface area contributed by atoms with Gasteiger partial charge in [0, 0.05) is 29.4 Å². The highest BCUT2D eigenvalue weighted by molar-refractivity contribution is 5.99. The molecule has 0 bridgehead atoms. The summed E-state index contributed by atoms with van der Waals surface area (Å²) in [5.41, 5.74) is 2.04. The van der Waals surface area contributed by atoms with Crippen molar-refractivity contribution in [1.29, 1.82) is 0 Å². The summed E-state index contributed by atoms with van der Waals surface area (Å²) in [5, 5.41) is 2.69. The average molecular weight is 260 g/mol. The fourth-order valence-corrected chi connectivity index (χ4v) is 2.20. The Balaban J connectivity index is 2.13. The fraction of sp³-hybridized carbons (Fsp3) is 0.143. The van der Waals surface area contributed by atoms with Crippen molar-refractivity contribution >= 4 is 5.91 Å². The zero-order chi connectivity index (χ0) is 13.4. The summed E-state index contributed by atoms with van der Waals surface area (Å²) in [6.45, 7) is 0.484. The van der Waals surface area contributed by atoms with Crippen molar-refractivity contribution in [3.63, 3.8) is 0 Å². The molecule has 0 saturated carbocycles. The number of carbonyl (C=O) groups is 1. The number of alkyl halides is 2. The molecule has 0 fully saturated rings. The summed E-state index contributed by atoms with van der Waals surface area (Å²) in [7, 11) is 0. The lowest BCUT2D eigenvalue weighted by Crippen LogP contribution is -2.12. The molecule has 2 heterocycles. The normalized spacial score (nSPS) is 13.5. The molecule has 0 atom stereocenters. The minimum atomic E-state index is -2.59. The van der Waals surface area contributed by atoms with Crippen molar-refractivity contribution in [2.45, 2.75) is 13.0 Å². The van der Waals surface area contributed by atoms with E-state index in [1.807, 2.05) is 0 Å². The first-order valence-electron chi connectivity index (χ1n) is 5.81. The second kappa shape index (κ2) is 4.42. The van der Waals surface area contributed by atoms with Gasteiger partial charge in [0.25, 0.3) is 12.3 Å². The number of pyridine rings is 1. The van der Waals surface area contributed by atoms with Gasteiger partial charge in [-0.3, -0.25) is 9.78 Å². The summed E-state index contributed by atoms with van der Waals surface area (Å²) in [6.07, 6.45) is -1.13. The summed E-state index contributed by atoms with van der Waals surface area (Å²) >= 11 is 0. The number of rotatable bonds is 2. The molecule has 1 aromatic heterocycles. The molecule has 0 radical (unpaired) electrons. The van der Waals surface area contributed by atoms with Crippen molar-refractivity contribution in [2.24, 2.45) is 0 Å². The number of nitrogens with zero attached hydrogens (tertiary/aromatic N) is 1. The van der Waals surface area contributed by atoms with E-state index in [9.17, 15) is 13.6 Å². The van der Waals surface area contributed by atoms with Crippen LogP contribution in [0.15, 0.2) is 36.5 Å². The first-order valence-corrected chi connectivity index (χ1v) is 5.81. The number of hydrogen-bond acceptors (Lipinski definition) is 2. The molecule has 1 amide bonds. The summed E-state index contributed by atoms with van der Waals surface area (Å²) in [5.74, 6) is -0.175. The maximum Gasteiger partial charge on any atom is 0.265 e. The van der Waals surface area contributed by atoms with E-state index in [0.717, 1.165) is 5.56 Å². The molecule has 96 valence electrons. The van der Waals surface area contributed by atoms with E-state index in [2.05, 4.69) is 10.3 Å². The monoisotopic (exact) mass is 260 g/mol. The summed E-state index contributed by atoms with van der Waals surface area (Å²) in [4.78, 5) is 15.6. The number of fused-ring (bicyclic) bond motifs is 1. The number of benzene rings is 1. The van der Waals surface area contributed by atoms with Gasteiger partial charge in [-0.2, -0.15) is 0 Å². The number of aromatic nitrogens is 1. The number of hydrogen-bond donors (Lipinski definition) is 1. The van der Waals surface area contributed by atoms with Crippen molar-refractivity contribution in [1.82, 2.24) is 10.3 Å². The zero-order valence-corrected chi connectivity index (χ0v) is 9.86. The van der Waals surface area contributed by atoms with Crippen LogP contribution in [0.2, 0.25) is 0 Å². The molecule has 0 aliphatic carbocycles. The van der Waals surface area contributed by atoms with Gasteiger partial charge < -0.3 is 5.32 Å². The van der Waals surface area contributed by atoms with Crippen LogP contribution in [-0.2, 0) is 6.54 Å². The van der Waals surface area contributed by atoms with E-state index in [-0.39, 0.29) is 17.2 Å². The van der Waals surface area contributed by atoms with Crippen LogP contribution >= 0.6 is 0 Å². The van der Waals surface area contributed by atoms with E-state index in [4.69, 9.17) is 0 Å². The lowest BCUT2D eigenvalue weighted by molar-refractivity contribution is 0.0965. The van der Waals surface area contributed by atoms with E-state index >= 15 is 0 Å². The first kappa shape index (κ1) is 11.8. The Morgan fingerprint density at radius 2 is 2.11 bits per heavy atom. The van der Waals surface area contributed by atoms with Crippen molar-refractivity contribution in [2.75, 3.05) is 0 Å². The molecule has 19 heavy (non-hydrogen) atoms. The molecule has 0 spiro atoms. The quantitative estimate of drug-likeness (QED) is 0.902. The van der Waals surface area contributed by atoms with Crippen LogP contribution in [0.5, 0.6) is 0 Å². The predicted molar refractivity (Wildman–Crippen MR) is 65.8 cm³/mol. The Morgan fingerprint density at radius 3 is 2.89 bits per heavy atom. The Labute approximate surface area is 108 Å². The van der Waals surface area contributed by atoms with Gasteiger partial charge in [0.2, 0.25) is 0 Å². The highest BCUT2D eigenvalue weighted by Crippen LogP contribution is 2.31. The van der Waals surface area contributed by atoms with Crippen LogP contribution in [-0.4, -0.2) is 10.9 Å². The number of carbonyl (C=O) groups excluding carboxylic acids is 1. The SMILES string of the molecule is O=C1NCc2ccc(-c3ncccc3C(F)F)cc21. The summed E-state index contributed by atoms with van der Waals surface area (Å²) in [6, 6.07) is 7.93. The molecule has 1 aromatic carbocycles. The lowest BCUT2D eigenvalue weighted by Gasteiger charge is -2.08. The molecular formula is C14H10F2N2O. The molecule has 1 aliphatic heterocycles. The minimum absolute atomic E-state index is 0.124. The van der Waals surface area contributed by atoms with Crippen molar-refractivity contribution < 1.29 is 13.6 Å². The maximum absolute atomic E-state index is 12.9. The molecule has 1 N–H and O–H groups in total. The van der Waals surface area contributed by atoms with Crippen molar-refractivity contribution in [3.05, 3.63) is 53.2 Å². The van der Waals surface area contributed by atoms with Crippen LogP contribution in [0.25, 0.3) is 11.3 Å². The Hall–Kier alpha value is -2.30. The highest BCUT2D eigenvalue weighted by Gasteiger charge is 2.21. The molecule has 5 heteroatoms. The average Bonchev–Trinajstić information content (AvgIpc) is 2.80. The van der Waals surface area contributed by atoms with Crippen LogP contribution in [0.4, 0.5) is 8.78 Å². The number of amides is 1. The van der Waals surface area contributed by atoms with E-state index in [0.29, 0.717) is 17.7 Å². The van der Waals surface area contributed by atoms with Gasteiger partial charge >= 0.3 is 0 Å². The predicted octanol–water partition coefficient (Wildman–Crippen LogP) is 2.93. The minimum Gasteiger partial charge on any atom is -0.348 e. The number of nitrogens with one attached hydrogen (secondary N) is 1. The Bertz CT molecular complexity index is 656. The lowest BCUT2D eigenvalue weighted by atomic mass is 10.0. The van der Waals surface area contributed by atoms with Crippen LogP contribution < -0.4 is 5.32 Å². The van der Waals surface area contributed by atoms with Gasteiger partial charge in [0.05, 0.1) is 5.69 Å². The molecule has 3 nitrogen and oxygen atoms in total. The topological polar surface area (TPSA) is 42.0 Å². The third kappa shape index (κ3) is 1.97. The summed E-state index contributed by atoms with van der Waals surface area (Å²) < 4.78 is 25.9. The zero-order valence-electron chi connectivity index (χ0n) is 9.86. The Morgan fingerprint density at radius 1 is 1.26 bits per heavy atom.